The molecule has 2 rings (SSSR count). The van der Waals surface area contributed by atoms with E-state index in [-0.39, 0.29) is 11.9 Å². The molecule has 0 radical (unpaired) electrons. The third kappa shape index (κ3) is 5.93. The summed E-state index contributed by atoms with van der Waals surface area (Å²) >= 11 is 5.91. The molecule has 2 aromatic rings. The predicted molar refractivity (Wildman–Crippen MR) is 104 cm³/mol. The van der Waals surface area contributed by atoms with Gasteiger partial charge in [0.25, 0.3) is 5.91 Å². The van der Waals surface area contributed by atoms with Crippen LogP contribution in [-0.4, -0.2) is 25.7 Å². The van der Waals surface area contributed by atoms with Crippen molar-refractivity contribution in [3.63, 3.8) is 0 Å². The highest BCUT2D eigenvalue weighted by Crippen LogP contribution is 2.30. The van der Waals surface area contributed by atoms with Crippen molar-refractivity contribution in [1.29, 1.82) is 0 Å². The minimum absolute atomic E-state index is 0.0718. The van der Waals surface area contributed by atoms with Crippen molar-refractivity contribution >= 4 is 23.2 Å². The third-order valence-corrected chi connectivity index (χ3v) is 4.13. The number of ether oxygens (including phenoxy) is 2. The van der Waals surface area contributed by atoms with E-state index in [2.05, 4.69) is 12.2 Å². The van der Waals surface area contributed by atoms with Crippen LogP contribution < -0.4 is 20.1 Å². The fourth-order valence-electron chi connectivity index (χ4n) is 2.53. The standard InChI is InChI=1S/C20H25ClN2O3/c1-4-25-18-11-10-17(12-19(18)26-5-2)23-20(24)13-22-14(3)15-6-8-16(21)9-7-15/h6-12,14,22H,4-5,13H2,1-3H3,(H,23,24)/p+1/t14-/m1/s1. The highest BCUT2D eigenvalue weighted by atomic mass is 35.5. The van der Waals surface area contributed by atoms with Crippen LogP contribution in [0.1, 0.15) is 32.4 Å². The second-order valence-electron chi connectivity index (χ2n) is 5.86. The average Bonchev–Trinajstić information content (AvgIpc) is 2.63. The molecule has 0 aromatic heterocycles. The van der Waals surface area contributed by atoms with Crippen LogP contribution in [0.5, 0.6) is 11.5 Å². The number of nitrogens with one attached hydrogen (secondary N) is 1. The molecule has 5 nitrogen and oxygen atoms in total. The van der Waals surface area contributed by atoms with Gasteiger partial charge in [-0.05, 0) is 45.0 Å². The van der Waals surface area contributed by atoms with Crippen molar-refractivity contribution in [2.24, 2.45) is 0 Å². The topological polar surface area (TPSA) is 64.2 Å². The lowest BCUT2D eigenvalue weighted by Gasteiger charge is -2.14. The molecule has 1 amide bonds. The lowest BCUT2D eigenvalue weighted by Crippen LogP contribution is -2.86. The maximum absolute atomic E-state index is 12.2. The minimum atomic E-state index is -0.0718. The first-order chi connectivity index (χ1) is 12.5. The van der Waals surface area contributed by atoms with Crippen LogP contribution in [0.3, 0.4) is 0 Å². The Kier molecular flexibility index (Phi) is 7.75. The number of carbonyl (C=O) groups excluding carboxylic acids is 1. The number of quaternary nitrogens is 1. The van der Waals surface area contributed by atoms with E-state index >= 15 is 0 Å². The van der Waals surface area contributed by atoms with Gasteiger partial charge in [-0.15, -0.1) is 0 Å². The Hall–Kier alpha value is -2.24. The number of hydrogen-bond acceptors (Lipinski definition) is 3. The van der Waals surface area contributed by atoms with Gasteiger partial charge in [-0.25, -0.2) is 0 Å². The number of hydrogen-bond donors (Lipinski definition) is 2. The van der Waals surface area contributed by atoms with Gasteiger partial charge in [0.15, 0.2) is 18.0 Å². The molecular weight excluding hydrogens is 352 g/mol. The Labute approximate surface area is 159 Å². The van der Waals surface area contributed by atoms with Gasteiger partial charge in [0.05, 0.1) is 13.2 Å². The van der Waals surface area contributed by atoms with Gasteiger partial charge in [-0.2, -0.15) is 0 Å². The summed E-state index contributed by atoms with van der Waals surface area (Å²) in [6.07, 6.45) is 0. The number of nitrogens with two attached hydrogens (primary N) is 1. The summed E-state index contributed by atoms with van der Waals surface area (Å²) in [6, 6.07) is 13.2. The second-order valence-corrected chi connectivity index (χ2v) is 6.29. The van der Waals surface area contributed by atoms with Crippen LogP contribution in [0.25, 0.3) is 0 Å². The van der Waals surface area contributed by atoms with Gasteiger partial charge in [-0.1, -0.05) is 23.7 Å². The predicted octanol–water partition coefficient (Wildman–Crippen LogP) is 3.40. The monoisotopic (exact) mass is 377 g/mol. The van der Waals surface area contributed by atoms with Crippen LogP contribution in [-0.2, 0) is 4.79 Å². The molecule has 3 N–H and O–H groups in total. The van der Waals surface area contributed by atoms with Crippen LogP contribution in [0, 0.1) is 0 Å². The largest absolute Gasteiger partial charge is 0.490 e. The zero-order valence-corrected chi connectivity index (χ0v) is 16.2. The molecule has 0 fully saturated rings. The molecule has 26 heavy (non-hydrogen) atoms. The van der Waals surface area contributed by atoms with Gasteiger partial charge in [-0.3, -0.25) is 4.79 Å². The zero-order chi connectivity index (χ0) is 18.9. The van der Waals surface area contributed by atoms with Crippen molar-refractivity contribution < 1.29 is 19.6 Å². The molecule has 0 bridgehead atoms. The number of anilines is 1. The van der Waals surface area contributed by atoms with Crippen LogP contribution in [0.15, 0.2) is 42.5 Å². The molecule has 0 aliphatic carbocycles. The molecule has 0 aliphatic heterocycles. The summed E-state index contributed by atoms with van der Waals surface area (Å²) < 4.78 is 11.1. The molecule has 0 spiro atoms. The zero-order valence-electron chi connectivity index (χ0n) is 15.4. The number of rotatable bonds is 9. The number of carbonyl (C=O) groups is 1. The first-order valence-electron chi connectivity index (χ1n) is 8.81. The Balaban J connectivity index is 1.92. The summed E-state index contributed by atoms with van der Waals surface area (Å²) in [7, 11) is 0. The first-order valence-corrected chi connectivity index (χ1v) is 9.19. The van der Waals surface area contributed by atoms with E-state index in [1.807, 2.05) is 55.6 Å². The van der Waals surface area contributed by atoms with E-state index in [1.165, 1.54) is 0 Å². The fraction of sp³-hybridized carbons (Fsp3) is 0.350. The summed E-state index contributed by atoms with van der Waals surface area (Å²) in [5.74, 6) is 1.23. The molecule has 6 heteroatoms. The number of benzene rings is 2. The second kappa shape index (κ2) is 10.0. The molecule has 0 aliphatic rings. The van der Waals surface area contributed by atoms with E-state index < -0.39 is 0 Å². The van der Waals surface area contributed by atoms with E-state index in [9.17, 15) is 4.79 Å². The summed E-state index contributed by atoms with van der Waals surface area (Å²) in [5.41, 5.74) is 1.82. The van der Waals surface area contributed by atoms with Gasteiger partial charge < -0.3 is 20.1 Å². The molecule has 2 aromatic carbocycles. The van der Waals surface area contributed by atoms with E-state index in [4.69, 9.17) is 21.1 Å². The maximum Gasteiger partial charge on any atom is 0.279 e. The molecule has 0 saturated heterocycles. The van der Waals surface area contributed by atoms with Gasteiger partial charge in [0, 0.05) is 22.3 Å². The minimum Gasteiger partial charge on any atom is -0.490 e. The van der Waals surface area contributed by atoms with Crippen molar-refractivity contribution in [3.05, 3.63) is 53.1 Å². The maximum atomic E-state index is 12.2. The van der Waals surface area contributed by atoms with Crippen LogP contribution in [0.2, 0.25) is 5.02 Å². The summed E-state index contributed by atoms with van der Waals surface area (Å²) in [6.45, 7) is 7.30. The van der Waals surface area contributed by atoms with E-state index in [0.29, 0.717) is 42.0 Å². The highest BCUT2D eigenvalue weighted by molar-refractivity contribution is 6.30. The number of amides is 1. The van der Waals surface area contributed by atoms with Crippen LogP contribution >= 0.6 is 11.6 Å². The first kappa shape index (κ1) is 20.1. The van der Waals surface area contributed by atoms with Crippen LogP contribution in [0.4, 0.5) is 5.69 Å². The van der Waals surface area contributed by atoms with Crippen molar-refractivity contribution in [3.8, 4) is 11.5 Å². The van der Waals surface area contributed by atoms with E-state index in [1.54, 1.807) is 6.07 Å². The molecule has 1 atom stereocenters. The van der Waals surface area contributed by atoms with E-state index in [0.717, 1.165) is 5.56 Å². The lowest BCUT2D eigenvalue weighted by atomic mass is 10.1. The van der Waals surface area contributed by atoms with Crippen molar-refractivity contribution in [2.75, 3.05) is 25.1 Å². The van der Waals surface area contributed by atoms with Gasteiger partial charge in [0.1, 0.15) is 6.04 Å². The molecule has 140 valence electrons. The summed E-state index contributed by atoms with van der Waals surface area (Å²) in [4.78, 5) is 12.2. The van der Waals surface area contributed by atoms with Gasteiger partial charge in [0.2, 0.25) is 0 Å². The Morgan fingerprint density at radius 3 is 2.38 bits per heavy atom. The molecule has 0 unspecified atom stereocenters. The average molecular weight is 378 g/mol. The van der Waals surface area contributed by atoms with Crippen molar-refractivity contribution in [2.45, 2.75) is 26.8 Å². The SMILES string of the molecule is CCOc1ccc(NC(=O)C[NH2+][C@H](C)c2ccc(Cl)cc2)cc1OCC. The molecular formula is C20H26ClN2O3+. The molecule has 0 saturated carbocycles. The summed E-state index contributed by atoms with van der Waals surface area (Å²) in [5, 5.41) is 5.59. The third-order valence-electron chi connectivity index (χ3n) is 3.88. The Morgan fingerprint density at radius 1 is 1.08 bits per heavy atom. The smallest absolute Gasteiger partial charge is 0.279 e. The fourth-order valence-corrected chi connectivity index (χ4v) is 2.65. The van der Waals surface area contributed by atoms with Crippen molar-refractivity contribution in [1.82, 2.24) is 0 Å². The Morgan fingerprint density at radius 2 is 1.73 bits per heavy atom. The molecule has 0 heterocycles. The van der Waals surface area contributed by atoms with Gasteiger partial charge >= 0.3 is 0 Å². The highest BCUT2D eigenvalue weighted by Gasteiger charge is 2.13. The quantitative estimate of drug-likeness (QED) is 0.704. The number of halogens is 1. The lowest BCUT2D eigenvalue weighted by molar-refractivity contribution is -0.682. The normalized spacial score (nSPS) is 11.7. The Bertz CT molecular complexity index is 719.